The minimum atomic E-state index is 1.08. The molecule has 0 unspecified atom stereocenters. The molecule has 0 bridgehead atoms. The molecule has 0 saturated heterocycles. The van der Waals surface area contributed by atoms with Crippen LogP contribution in [0.1, 0.15) is 0 Å². The number of benzene rings is 12. The molecule has 0 aliphatic carbocycles. The summed E-state index contributed by atoms with van der Waals surface area (Å²) in [6.07, 6.45) is 0. The second-order valence-electron chi connectivity index (χ2n) is 17.7. The number of rotatable bonds is 8. The maximum Gasteiger partial charge on any atom is 0.0547 e. The Bertz CT molecular complexity index is 4000. The second-order valence-corrected chi connectivity index (χ2v) is 17.7. The maximum atomic E-state index is 2.41. The van der Waals surface area contributed by atoms with Crippen molar-refractivity contribution in [1.82, 2.24) is 4.57 Å². The zero-order valence-corrected chi connectivity index (χ0v) is 37.3. The molecule has 68 heavy (non-hydrogen) atoms. The molecule has 0 amide bonds. The van der Waals surface area contributed by atoms with Crippen molar-refractivity contribution in [3.8, 4) is 50.2 Å². The first-order chi connectivity index (χ1) is 33.7. The average molecular weight is 865 g/mol. The van der Waals surface area contributed by atoms with Crippen LogP contribution in [0.15, 0.2) is 267 Å². The Balaban J connectivity index is 0.947. The number of nitrogens with zero attached hydrogens (tertiary/aromatic N) is 2. The Hall–Kier alpha value is -8.98. The summed E-state index contributed by atoms with van der Waals surface area (Å²) in [7, 11) is 0. The van der Waals surface area contributed by atoms with Crippen LogP contribution < -0.4 is 4.90 Å². The molecule has 0 atom stereocenters. The number of anilines is 3. The van der Waals surface area contributed by atoms with E-state index in [1.54, 1.807) is 0 Å². The predicted octanol–water partition coefficient (Wildman–Crippen LogP) is 18.4. The van der Waals surface area contributed by atoms with Crippen molar-refractivity contribution >= 4 is 71.2 Å². The number of hydrogen-bond donors (Lipinski definition) is 0. The van der Waals surface area contributed by atoms with E-state index in [1.165, 1.54) is 93.1 Å². The van der Waals surface area contributed by atoms with Gasteiger partial charge in [-0.25, -0.2) is 0 Å². The van der Waals surface area contributed by atoms with Gasteiger partial charge in [-0.15, -0.1) is 0 Å². The van der Waals surface area contributed by atoms with E-state index < -0.39 is 0 Å². The highest BCUT2D eigenvalue weighted by Gasteiger charge is 2.20. The van der Waals surface area contributed by atoms with Crippen molar-refractivity contribution in [3.05, 3.63) is 267 Å². The normalized spacial score (nSPS) is 11.5. The number of fused-ring (bicyclic) bond motifs is 7. The van der Waals surface area contributed by atoms with Gasteiger partial charge in [0.25, 0.3) is 0 Å². The molecule has 1 aromatic heterocycles. The predicted molar refractivity (Wildman–Crippen MR) is 290 cm³/mol. The van der Waals surface area contributed by atoms with E-state index in [2.05, 4.69) is 276 Å². The van der Waals surface area contributed by atoms with E-state index in [1.807, 2.05) is 0 Å². The third-order valence-corrected chi connectivity index (χ3v) is 13.7. The van der Waals surface area contributed by atoms with Crippen LogP contribution in [-0.2, 0) is 0 Å². The first-order valence-electron chi connectivity index (χ1n) is 23.4. The highest BCUT2D eigenvalue weighted by Crippen LogP contribution is 2.43. The van der Waals surface area contributed by atoms with Crippen LogP contribution in [0, 0.1) is 0 Å². The Kier molecular flexibility index (Phi) is 9.54. The topological polar surface area (TPSA) is 8.17 Å². The minimum Gasteiger partial charge on any atom is -0.310 e. The summed E-state index contributed by atoms with van der Waals surface area (Å²) < 4.78 is 2.41. The summed E-state index contributed by atoms with van der Waals surface area (Å²) in [5, 5.41) is 10.0. The first kappa shape index (κ1) is 39.4. The molecule has 0 saturated carbocycles. The molecule has 0 aliphatic rings. The van der Waals surface area contributed by atoms with Crippen molar-refractivity contribution in [3.63, 3.8) is 0 Å². The van der Waals surface area contributed by atoms with Crippen molar-refractivity contribution in [2.75, 3.05) is 4.90 Å². The van der Waals surface area contributed by atoms with Crippen LogP contribution in [0.3, 0.4) is 0 Å². The van der Waals surface area contributed by atoms with Gasteiger partial charge < -0.3 is 9.47 Å². The summed E-state index contributed by atoms with van der Waals surface area (Å²) in [6.45, 7) is 0. The van der Waals surface area contributed by atoms with E-state index in [0.29, 0.717) is 0 Å². The number of aromatic nitrogens is 1. The zero-order valence-electron chi connectivity index (χ0n) is 37.3. The van der Waals surface area contributed by atoms with E-state index >= 15 is 0 Å². The zero-order chi connectivity index (χ0) is 45.0. The molecular formula is C66H44N2. The van der Waals surface area contributed by atoms with Crippen LogP contribution in [-0.4, -0.2) is 4.57 Å². The number of hydrogen-bond acceptors (Lipinski definition) is 1. The monoisotopic (exact) mass is 864 g/mol. The SMILES string of the molecule is c1ccc(-c2ccc3c(c2)c2c(-c4cccc(N(c5ccc(-c6ccc7ccccc7c6)cc5)c5ccc(-c6ccc7c(ccc8ccccc87)c6)cc5)c4)cccc2n3-c2ccccc2)cc1. The molecule has 2 heteroatoms. The van der Waals surface area contributed by atoms with Crippen molar-refractivity contribution < 1.29 is 0 Å². The smallest absolute Gasteiger partial charge is 0.0547 e. The van der Waals surface area contributed by atoms with Crippen molar-refractivity contribution in [1.29, 1.82) is 0 Å². The van der Waals surface area contributed by atoms with Crippen LogP contribution in [0.25, 0.3) is 104 Å². The van der Waals surface area contributed by atoms with E-state index in [9.17, 15) is 0 Å². The lowest BCUT2D eigenvalue weighted by atomic mass is 9.96. The van der Waals surface area contributed by atoms with Crippen molar-refractivity contribution in [2.24, 2.45) is 0 Å². The third-order valence-electron chi connectivity index (χ3n) is 13.7. The van der Waals surface area contributed by atoms with Gasteiger partial charge in [-0.3, -0.25) is 0 Å². The lowest BCUT2D eigenvalue weighted by molar-refractivity contribution is 1.18. The Morgan fingerprint density at radius 3 is 1.54 bits per heavy atom. The number of para-hydroxylation sites is 1. The minimum absolute atomic E-state index is 1.08. The van der Waals surface area contributed by atoms with Crippen LogP contribution in [0.5, 0.6) is 0 Å². The Labute approximate surface area is 395 Å². The van der Waals surface area contributed by atoms with Gasteiger partial charge in [-0.2, -0.15) is 0 Å². The van der Waals surface area contributed by atoms with Gasteiger partial charge in [-0.05, 0) is 156 Å². The molecule has 318 valence electrons. The summed E-state index contributed by atoms with van der Waals surface area (Å²) in [5.41, 5.74) is 16.3. The highest BCUT2D eigenvalue weighted by molar-refractivity contribution is 6.17. The lowest BCUT2D eigenvalue weighted by Gasteiger charge is -2.26. The Morgan fingerprint density at radius 1 is 0.250 bits per heavy atom. The van der Waals surface area contributed by atoms with Gasteiger partial charge in [0, 0.05) is 33.5 Å². The van der Waals surface area contributed by atoms with Gasteiger partial charge in [0.15, 0.2) is 0 Å². The summed E-state index contributed by atoms with van der Waals surface area (Å²) in [5.74, 6) is 0. The van der Waals surface area contributed by atoms with E-state index in [-0.39, 0.29) is 0 Å². The fourth-order valence-corrected chi connectivity index (χ4v) is 10.4. The largest absolute Gasteiger partial charge is 0.310 e. The standard InChI is InChI=1S/C66H44N2/c1-3-13-45(14-4-1)53-34-40-64-63(44-53)66-62(23-12-24-65(66)68(64)56-19-5-2-6-20-56)54-18-11-21-59(43-54)67(57-35-29-47(30-36-57)51-27-25-46-15-7-8-17-50(46)41-51)58-37-31-48(32-38-58)52-33-39-61-55(42-52)28-26-49-16-9-10-22-60(49)61/h1-44H. The highest BCUT2D eigenvalue weighted by atomic mass is 15.1. The molecule has 12 aromatic carbocycles. The van der Waals surface area contributed by atoms with E-state index in [0.717, 1.165) is 28.3 Å². The fraction of sp³-hybridized carbons (Fsp3) is 0. The molecule has 0 aliphatic heterocycles. The average Bonchev–Trinajstić information content (AvgIpc) is 3.75. The molecular weight excluding hydrogens is 821 g/mol. The van der Waals surface area contributed by atoms with Gasteiger partial charge in [0.1, 0.15) is 0 Å². The molecule has 0 fully saturated rings. The van der Waals surface area contributed by atoms with Gasteiger partial charge >= 0.3 is 0 Å². The molecule has 0 spiro atoms. The quantitative estimate of drug-likeness (QED) is 0.138. The van der Waals surface area contributed by atoms with Crippen LogP contribution in [0.2, 0.25) is 0 Å². The molecule has 13 rings (SSSR count). The summed E-state index contributed by atoms with van der Waals surface area (Å²) in [6, 6.07) is 97.6. The van der Waals surface area contributed by atoms with Gasteiger partial charge in [-0.1, -0.05) is 188 Å². The van der Waals surface area contributed by atoms with Gasteiger partial charge in [0.2, 0.25) is 0 Å². The van der Waals surface area contributed by atoms with Crippen LogP contribution in [0.4, 0.5) is 17.1 Å². The molecule has 0 radical (unpaired) electrons. The van der Waals surface area contributed by atoms with Gasteiger partial charge in [0.05, 0.1) is 11.0 Å². The summed E-state index contributed by atoms with van der Waals surface area (Å²) >= 11 is 0. The van der Waals surface area contributed by atoms with Crippen molar-refractivity contribution in [2.45, 2.75) is 0 Å². The molecule has 13 aromatic rings. The van der Waals surface area contributed by atoms with Crippen LogP contribution >= 0.6 is 0 Å². The first-order valence-corrected chi connectivity index (χ1v) is 23.4. The Morgan fingerprint density at radius 2 is 0.779 bits per heavy atom. The second kappa shape index (κ2) is 16.5. The fourth-order valence-electron chi connectivity index (χ4n) is 10.4. The molecule has 0 N–H and O–H groups in total. The molecule has 2 nitrogen and oxygen atoms in total. The maximum absolute atomic E-state index is 2.41. The molecule has 1 heterocycles. The lowest BCUT2D eigenvalue weighted by Crippen LogP contribution is -2.10. The van der Waals surface area contributed by atoms with E-state index in [4.69, 9.17) is 0 Å². The summed E-state index contributed by atoms with van der Waals surface area (Å²) in [4.78, 5) is 2.39. The third kappa shape index (κ3) is 6.90.